The summed E-state index contributed by atoms with van der Waals surface area (Å²) in [5.41, 5.74) is 5.35. The van der Waals surface area contributed by atoms with Gasteiger partial charge < -0.3 is 15.5 Å². The van der Waals surface area contributed by atoms with E-state index in [4.69, 9.17) is 5.73 Å². The molecular formula is C18H29N3O3. The van der Waals surface area contributed by atoms with Crippen molar-refractivity contribution in [3.05, 3.63) is 0 Å². The summed E-state index contributed by atoms with van der Waals surface area (Å²) >= 11 is 0. The molecule has 2 heterocycles. The van der Waals surface area contributed by atoms with Gasteiger partial charge in [-0.05, 0) is 44.4 Å². The van der Waals surface area contributed by atoms with E-state index in [1.165, 1.54) is 12.8 Å². The third-order valence-electron chi connectivity index (χ3n) is 6.14. The highest BCUT2D eigenvalue weighted by atomic mass is 16.2. The minimum Gasteiger partial charge on any atom is -0.369 e. The maximum absolute atomic E-state index is 12.7. The number of hydrogen-bond acceptors (Lipinski definition) is 3. The van der Waals surface area contributed by atoms with E-state index in [-0.39, 0.29) is 29.6 Å². The van der Waals surface area contributed by atoms with Crippen LogP contribution in [0.1, 0.15) is 51.9 Å². The molecule has 3 aliphatic rings. The highest BCUT2D eigenvalue weighted by molar-refractivity contribution is 5.89. The van der Waals surface area contributed by atoms with Gasteiger partial charge in [0.2, 0.25) is 17.7 Å². The average molecular weight is 335 g/mol. The predicted octanol–water partition coefficient (Wildman–Crippen LogP) is 1.14. The molecule has 0 spiro atoms. The molecule has 2 aliphatic heterocycles. The minimum absolute atomic E-state index is 0.0814. The van der Waals surface area contributed by atoms with Crippen LogP contribution in [0.4, 0.5) is 0 Å². The fraction of sp³-hybridized carbons (Fsp3) is 0.833. The van der Waals surface area contributed by atoms with Crippen molar-refractivity contribution in [1.29, 1.82) is 0 Å². The average Bonchev–Trinajstić information content (AvgIpc) is 2.97. The molecular weight excluding hydrogens is 306 g/mol. The van der Waals surface area contributed by atoms with E-state index in [9.17, 15) is 14.4 Å². The van der Waals surface area contributed by atoms with Gasteiger partial charge in [0.1, 0.15) is 0 Å². The lowest BCUT2D eigenvalue weighted by molar-refractivity contribution is -0.138. The summed E-state index contributed by atoms with van der Waals surface area (Å²) in [6.45, 7) is 4.01. The zero-order valence-corrected chi connectivity index (χ0v) is 14.6. The molecule has 6 heteroatoms. The SMILES string of the molecule is CC1CCC(N2CC(C(=O)N3CCC(C(N)=O)CC3)CC2=O)CC1. The Kier molecular flexibility index (Phi) is 5.11. The first-order chi connectivity index (χ1) is 11.5. The molecule has 24 heavy (non-hydrogen) atoms. The van der Waals surface area contributed by atoms with Crippen molar-refractivity contribution >= 4 is 17.7 Å². The summed E-state index contributed by atoms with van der Waals surface area (Å²) in [6, 6.07) is 0.326. The van der Waals surface area contributed by atoms with Crippen molar-refractivity contribution in [1.82, 2.24) is 9.80 Å². The second kappa shape index (κ2) is 7.11. The summed E-state index contributed by atoms with van der Waals surface area (Å²) in [6.07, 6.45) is 6.12. The van der Waals surface area contributed by atoms with Crippen molar-refractivity contribution in [2.45, 2.75) is 57.9 Å². The van der Waals surface area contributed by atoms with Crippen LogP contribution in [-0.4, -0.2) is 53.2 Å². The van der Waals surface area contributed by atoms with Crippen LogP contribution in [0.15, 0.2) is 0 Å². The molecule has 6 nitrogen and oxygen atoms in total. The van der Waals surface area contributed by atoms with Gasteiger partial charge in [0.05, 0.1) is 5.92 Å². The lowest BCUT2D eigenvalue weighted by atomic mass is 9.86. The van der Waals surface area contributed by atoms with Gasteiger partial charge in [0, 0.05) is 38.0 Å². The molecule has 2 saturated heterocycles. The zero-order chi connectivity index (χ0) is 17.3. The first-order valence-electron chi connectivity index (χ1n) is 9.33. The third-order valence-corrected chi connectivity index (χ3v) is 6.14. The van der Waals surface area contributed by atoms with Crippen molar-refractivity contribution in [2.75, 3.05) is 19.6 Å². The van der Waals surface area contributed by atoms with E-state index in [0.717, 1.165) is 18.8 Å². The molecule has 2 N–H and O–H groups in total. The summed E-state index contributed by atoms with van der Waals surface area (Å²) in [4.78, 5) is 40.1. The number of likely N-dealkylation sites (tertiary alicyclic amines) is 2. The van der Waals surface area contributed by atoms with Gasteiger partial charge in [0.15, 0.2) is 0 Å². The van der Waals surface area contributed by atoms with Crippen LogP contribution >= 0.6 is 0 Å². The Labute approximate surface area is 143 Å². The van der Waals surface area contributed by atoms with Crippen LogP contribution in [0.3, 0.4) is 0 Å². The Morgan fingerprint density at radius 2 is 1.62 bits per heavy atom. The summed E-state index contributed by atoms with van der Waals surface area (Å²) in [5.74, 6) is 0.388. The number of amides is 3. The number of hydrogen-bond donors (Lipinski definition) is 1. The molecule has 0 aromatic heterocycles. The van der Waals surface area contributed by atoms with Crippen LogP contribution in [0.25, 0.3) is 0 Å². The molecule has 134 valence electrons. The number of nitrogens with zero attached hydrogens (tertiary/aromatic N) is 2. The number of carbonyl (C=O) groups is 3. The Morgan fingerprint density at radius 1 is 1.00 bits per heavy atom. The first kappa shape index (κ1) is 17.2. The predicted molar refractivity (Wildman–Crippen MR) is 89.7 cm³/mol. The number of nitrogens with two attached hydrogens (primary N) is 1. The molecule has 3 rings (SSSR count). The van der Waals surface area contributed by atoms with Crippen LogP contribution in [-0.2, 0) is 14.4 Å². The summed E-state index contributed by atoms with van der Waals surface area (Å²) in [7, 11) is 0. The van der Waals surface area contributed by atoms with Gasteiger partial charge in [-0.1, -0.05) is 6.92 Å². The fourth-order valence-electron chi connectivity index (χ4n) is 4.45. The van der Waals surface area contributed by atoms with E-state index in [0.29, 0.717) is 44.9 Å². The van der Waals surface area contributed by atoms with Gasteiger partial charge in [-0.2, -0.15) is 0 Å². The van der Waals surface area contributed by atoms with Gasteiger partial charge in [0.25, 0.3) is 0 Å². The number of piperidine rings is 1. The van der Waals surface area contributed by atoms with Gasteiger partial charge in [-0.25, -0.2) is 0 Å². The largest absolute Gasteiger partial charge is 0.369 e. The van der Waals surface area contributed by atoms with Crippen molar-refractivity contribution in [3.63, 3.8) is 0 Å². The van der Waals surface area contributed by atoms with Crippen molar-refractivity contribution < 1.29 is 14.4 Å². The third kappa shape index (κ3) is 3.57. The molecule has 0 aromatic carbocycles. The van der Waals surface area contributed by atoms with E-state index in [1.807, 2.05) is 9.80 Å². The molecule has 1 aliphatic carbocycles. The molecule has 0 radical (unpaired) electrons. The molecule has 0 bridgehead atoms. The summed E-state index contributed by atoms with van der Waals surface area (Å²) < 4.78 is 0. The lowest BCUT2D eigenvalue weighted by Crippen LogP contribution is -2.45. The second-order valence-electron chi connectivity index (χ2n) is 7.86. The Bertz CT molecular complexity index is 506. The van der Waals surface area contributed by atoms with Crippen molar-refractivity contribution in [2.24, 2.45) is 23.5 Å². The molecule has 0 aromatic rings. The topological polar surface area (TPSA) is 83.7 Å². The number of primary amides is 1. The van der Waals surface area contributed by atoms with Gasteiger partial charge >= 0.3 is 0 Å². The fourth-order valence-corrected chi connectivity index (χ4v) is 4.45. The van der Waals surface area contributed by atoms with E-state index in [1.54, 1.807) is 0 Å². The molecule has 1 saturated carbocycles. The molecule has 3 amide bonds. The zero-order valence-electron chi connectivity index (χ0n) is 14.6. The maximum atomic E-state index is 12.7. The summed E-state index contributed by atoms with van der Waals surface area (Å²) in [5, 5.41) is 0. The van der Waals surface area contributed by atoms with Crippen LogP contribution in [0.2, 0.25) is 0 Å². The maximum Gasteiger partial charge on any atom is 0.227 e. The molecule has 3 fully saturated rings. The first-order valence-corrected chi connectivity index (χ1v) is 9.33. The number of carbonyl (C=O) groups excluding carboxylic acids is 3. The quantitative estimate of drug-likeness (QED) is 0.839. The highest BCUT2D eigenvalue weighted by Crippen LogP contribution is 2.32. The standard InChI is InChI=1S/C18H29N3O3/c1-12-2-4-15(5-3-12)21-11-14(10-16(21)22)18(24)20-8-6-13(7-9-20)17(19)23/h12-15H,2-11H2,1H3,(H2,19,23). The van der Waals surface area contributed by atoms with Crippen LogP contribution < -0.4 is 5.73 Å². The van der Waals surface area contributed by atoms with Crippen LogP contribution in [0, 0.1) is 17.8 Å². The van der Waals surface area contributed by atoms with Gasteiger partial charge in [-0.15, -0.1) is 0 Å². The Balaban J connectivity index is 1.54. The van der Waals surface area contributed by atoms with E-state index in [2.05, 4.69) is 6.92 Å². The molecule has 1 atom stereocenters. The highest BCUT2D eigenvalue weighted by Gasteiger charge is 2.40. The normalized spacial score (nSPS) is 32.2. The Morgan fingerprint density at radius 3 is 2.21 bits per heavy atom. The van der Waals surface area contributed by atoms with E-state index < -0.39 is 0 Å². The monoisotopic (exact) mass is 335 g/mol. The smallest absolute Gasteiger partial charge is 0.227 e. The Hall–Kier alpha value is -1.59. The van der Waals surface area contributed by atoms with Gasteiger partial charge in [-0.3, -0.25) is 14.4 Å². The van der Waals surface area contributed by atoms with Crippen LogP contribution in [0.5, 0.6) is 0 Å². The number of rotatable bonds is 3. The van der Waals surface area contributed by atoms with E-state index >= 15 is 0 Å². The van der Waals surface area contributed by atoms with Crippen molar-refractivity contribution in [3.8, 4) is 0 Å². The minimum atomic E-state index is -0.268. The molecule has 1 unspecified atom stereocenters. The lowest BCUT2D eigenvalue weighted by Gasteiger charge is -2.34. The second-order valence-corrected chi connectivity index (χ2v) is 7.86.